The smallest absolute Gasteiger partial charge is 0.263 e. The van der Waals surface area contributed by atoms with Crippen molar-refractivity contribution >= 4 is 37.3 Å². The molecule has 0 spiro atoms. The maximum Gasteiger partial charge on any atom is 0.263 e. The predicted molar refractivity (Wildman–Crippen MR) is 114 cm³/mol. The zero-order valence-corrected chi connectivity index (χ0v) is 18.7. The summed E-state index contributed by atoms with van der Waals surface area (Å²) in [7, 11) is 0.771. The van der Waals surface area contributed by atoms with E-state index in [4.69, 9.17) is 14.2 Å². The molecule has 0 fully saturated rings. The van der Waals surface area contributed by atoms with Crippen LogP contribution in [0.3, 0.4) is 0 Å². The number of hydrogen-bond acceptors (Lipinski definition) is 7. The lowest BCUT2D eigenvalue weighted by Gasteiger charge is -2.08. The summed E-state index contributed by atoms with van der Waals surface area (Å²) in [5.74, 6) is 0.284. The molecule has 1 amide bonds. The van der Waals surface area contributed by atoms with Gasteiger partial charge in [0.1, 0.15) is 33.2 Å². The lowest BCUT2D eigenvalue weighted by atomic mass is 10.3. The number of ether oxygens (including phenoxy) is 3. The summed E-state index contributed by atoms with van der Waals surface area (Å²) in [4.78, 5) is 17.0. The molecule has 0 radical (unpaired) electrons. The third-order valence-corrected chi connectivity index (χ3v) is 7.17. The highest BCUT2D eigenvalue weighted by molar-refractivity contribution is 7.92. The molecular weight excluding hydrogens is 428 g/mol. The Kier molecular flexibility index (Phi) is 6.47. The van der Waals surface area contributed by atoms with Gasteiger partial charge in [-0.2, -0.15) is 4.99 Å². The molecule has 0 bridgehead atoms. The van der Waals surface area contributed by atoms with Crippen LogP contribution in [0.1, 0.15) is 6.92 Å². The summed E-state index contributed by atoms with van der Waals surface area (Å²) >= 11 is 1.24. The summed E-state index contributed by atoms with van der Waals surface area (Å²) in [6, 6.07) is 9.43. The van der Waals surface area contributed by atoms with Crippen LogP contribution in [0.5, 0.6) is 17.2 Å². The molecule has 0 aliphatic heterocycles. The first kappa shape index (κ1) is 21.8. The van der Waals surface area contributed by atoms with Crippen LogP contribution < -0.4 is 19.0 Å². The second kappa shape index (κ2) is 8.88. The molecular formula is C20H22N2O6S2. The average Bonchev–Trinajstić information content (AvgIpc) is 3.10. The van der Waals surface area contributed by atoms with E-state index in [9.17, 15) is 13.2 Å². The Hall–Kier alpha value is -2.85. The Labute approximate surface area is 178 Å². The van der Waals surface area contributed by atoms with Crippen LogP contribution in [0.15, 0.2) is 46.3 Å². The van der Waals surface area contributed by atoms with Gasteiger partial charge in [0.15, 0.2) is 14.6 Å². The second-order valence-electron chi connectivity index (χ2n) is 6.22. The molecule has 0 saturated heterocycles. The topological polar surface area (TPSA) is 96.2 Å². The highest BCUT2D eigenvalue weighted by atomic mass is 32.2. The first-order valence-electron chi connectivity index (χ1n) is 9.03. The van der Waals surface area contributed by atoms with Crippen LogP contribution in [0, 0.1) is 0 Å². The molecule has 1 aromatic heterocycles. The molecule has 0 unspecified atom stereocenters. The Morgan fingerprint density at radius 2 is 1.63 bits per heavy atom. The molecule has 3 rings (SSSR count). The van der Waals surface area contributed by atoms with Crippen molar-refractivity contribution < 1.29 is 27.4 Å². The lowest BCUT2D eigenvalue weighted by molar-refractivity contribution is -0.115. The number of rotatable bonds is 7. The number of carbonyl (C=O) groups is 1. The van der Waals surface area contributed by atoms with Gasteiger partial charge in [-0.1, -0.05) is 11.3 Å². The number of methoxy groups -OCH3 is 3. The van der Waals surface area contributed by atoms with Crippen LogP contribution in [0.4, 0.5) is 0 Å². The number of amides is 1. The molecule has 3 aromatic rings. The molecule has 0 atom stereocenters. The minimum atomic E-state index is -3.83. The summed E-state index contributed by atoms with van der Waals surface area (Å²) in [6.45, 7) is 2.42. The van der Waals surface area contributed by atoms with Crippen LogP contribution >= 0.6 is 11.3 Å². The molecule has 160 valence electrons. The van der Waals surface area contributed by atoms with Crippen molar-refractivity contribution in [1.29, 1.82) is 0 Å². The largest absolute Gasteiger partial charge is 0.497 e. The fourth-order valence-electron chi connectivity index (χ4n) is 3.00. The maximum absolute atomic E-state index is 12.6. The molecule has 10 heteroatoms. The number of benzene rings is 2. The van der Waals surface area contributed by atoms with E-state index in [0.717, 1.165) is 10.2 Å². The van der Waals surface area contributed by atoms with Crippen molar-refractivity contribution in [2.45, 2.75) is 18.4 Å². The first-order valence-corrected chi connectivity index (χ1v) is 11.5. The zero-order valence-electron chi connectivity index (χ0n) is 17.0. The molecule has 0 aliphatic rings. The van der Waals surface area contributed by atoms with E-state index in [1.807, 2.05) is 6.92 Å². The summed E-state index contributed by atoms with van der Waals surface area (Å²) in [5.41, 5.74) is 0.744. The first-order chi connectivity index (χ1) is 14.3. The van der Waals surface area contributed by atoms with Gasteiger partial charge in [-0.15, -0.1) is 0 Å². The summed E-state index contributed by atoms with van der Waals surface area (Å²) < 4.78 is 43.6. The normalized spacial score (nSPS) is 12.2. The molecule has 1 heterocycles. The number of nitrogens with zero attached hydrogens (tertiary/aromatic N) is 2. The molecule has 30 heavy (non-hydrogen) atoms. The van der Waals surface area contributed by atoms with Crippen LogP contribution in [0.2, 0.25) is 0 Å². The van der Waals surface area contributed by atoms with E-state index in [1.165, 1.54) is 42.7 Å². The van der Waals surface area contributed by atoms with Gasteiger partial charge in [-0.05, 0) is 43.3 Å². The number of aryl methyl sites for hydroxylation is 1. The van der Waals surface area contributed by atoms with Crippen LogP contribution in [-0.2, 0) is 21.2 Å². The van der Waals surface area contributed by atoms with E-state index in [-0.39, 0.29) is 4.90 Å². The van der Waals surface area contributed by atoms with Gasteiger partial charge in [0.2, 0.25) is 0 Å². The van der Waals surface area contributed by atoms with Crippen molar-refractivity contribution in [3.63, 3.8) is 0 Å². The van der Waals surface area contributed by atoms with E-state index in [2.05, 4.69) is 4.99 Å². The number of thiazole rings is 1. The van der Waals surface area contributed by atoms with E-state index >= 15 is 0 Å². The van der Waals surface area contributed by atoms with Crippen molar-refractivity contribution in [2.75, 3.05) is 27.1 Å². The molecule has 0 N–H and O–H groups in total. The lowest BCUT2D eigenvalue weighted by Crippen LogP contribution is -2.20. The van der Waals surface area contributed by atoms with E-state index in [0.29, 0.717) is 28.6 Å². The Balaban J connectivity index is 2.02. The fraction of sp³-hybridized carbons (Fsp3) is 0.300. The standard InChI is InChI=1S/C20H22N2O6S2/c1-5-22-18-15(27-3)10-11-16(28-4)19(18)29-20(22)21-17(23)12-30(24,25)14-8-6-13(26-2)7-9-14/h6-11H,5,12H2,1-4H3. The number of fused-ring (bicyclic) bond motifs is 1. The summed E-state index contributed by atoms with van der Waals surface area (Å²) in [5, 5.41) is 0. The summed E-state index contributed by atoms with van der Waals surface area (Å²) in [6.07, 6.45) is 0. The molecule has 0 aliphatic carbocycles. The monoisotopic (exact) mass is 450 g/mol. The minimum absolute atomic E-state index is 0.0369. The quantitative estimate of drug-likeness (QED) is 0.549. The fourth-order valence-corrected chi connectivity index (χ4v) is 5.33. The van der Waals surface area contributed by atoms with Gasteiger partial charge in [-0.3, -0.25) is 4.79 Å². The second-order valence-corrected chi connectivity index (χ2v) is 9.18. The number of hydrogen-bond donors (Lipinski definition) is 0. The van der Waals surface area contributed by atoms with Gasteiger partial charge < -0.3 is 18.8 Å². The average molecular weight is 451 g/mol. The van der Waals surface area contributed by atoms with Gasteiger partial charge >= 0.3 is 0 Å². The van der Waals surface area contributed by atoms with Gasteiger partial charge in [0.05, 0.1) is 26.2 Å². The van der Waals surface area contributed by atoms with E-state index in [1.54, 1.807) is 30.9 Å². The minimum Gasteiger partial charge on any atom is -0.497 e. The third kappa shape index (κ3) is 4.19. The highest BCUT2D eigenvalue weighted by Gasteiger charge is 2.20. The number of aromatic nitrogens is 1. The molecule has 0 saturated carbocycles. The van der Waals surface area contributed by atoms with Crippen molar-refractivity contribution in [3.8, 4) is 17.2 Å². The molecule has 8 nitrogen and oxygen atoms in total. The third-order valence-electron chi connectivity index (χ3n) is 4.46. The van der Waals surface area contributed by atoms with Crippen LogP contribution in [0.25, 0.3) is 10.2 Å². The Morgan fingerprint density at radius 1 is 1.00 bits per heavy atom. The predicted octanol–water partition coefficient (Wildman–Crippen LogP) is 2.65. The highest BCUT2D eigenvalue weighted by Crippen LogP contribution is 2.35. The zero-order chi connectivity index (χ0) is 21.9. The van der Waals surface area contributed by atoms with Gasteiger partial charge in [0, 0.05) is 6.54 Å². The van der Waals surface area contributed by atoms with Gasteiger partial charge in [0.25, 0.3) is 5.91 Å². The van der Waals surface area contributed by atoms with E-state index < -0.39 is 21.5 Å². The van der Waals surface area contributed by atoms with Crippen LogP contribution in [-0.4, -0.2) is 46.0 Å². The molecule has 2 aromatic carbocycles. The number of carbonyl (C=O) groups excluding carboxylic acids is 1. The Morgan fingerprint density at radius 3 is 2.20 bits per heavy atom. The maximum atomic E-state index is 12.6. The number of sulfone groups is 1. The van der Waals surface area contributed by atoms with Crippen molar-refractivity contribution in [2.24, 2.45) is 4.99 Å². The van der Waals surface area contributed by atoms with Crippen molar-refractivity contribution in [3.05, 3.63) is 41.2 Å². The van der Waals surface area contributed by atoms with Gasteiger partial charge in [-0.25, -0.2) is 8.42 Å². The Bertz CT molecular complexity index is 1240. The van der Waals surface area contributed by atoms with Crippen molar-refractivity contribution in [1.82, 2.24) is 4.57 Å². The SMILES string of the molecule is CCn1c(=NC(=O)CS(=O)(=O)c2ccc(OC)cc2)sc2c(OC)ccc(OC)c21.